The van der Waals surface area contributed by atoms with E-state index in [0.717, 1.165) is 44.1 Å². The van der Waals surface area contributed by atoms with Gasteiger partial charge in [0.15, 0.2) is 0 Å². The molecule has 338 valence electrons. The first kappa shape index (κ1) is 37.5. The van der Waals surface area contributed by atoms with E-state index >= 15 is 0 Å². The molecular weight excluding hydrogens is 1000 g/mol. The smallest absolute Gasteiger partial charge is 0.268 e. The van der Waals surface area contributed by atoms with Gasteiger partial charge in [0.2, 0.25) is 0 Å². The molecule has 10 rings (SSSR count). The summed E-state index contributed by atoms with van der Waals surface area (Å²) < 4.78 is 74.6. The monoisotopic (exact) mass is 1060 g/mol. The van der Waals surface area contributed by atoms with Crippen molar-refractivity contribution < 1.29 is 40.0 Å². The van der Waals surface area contributed by atoms with Gasteiger partial charge in [0.1, 0.15) is 11.5 Å². The van der Waals surface area contributed by atoms with E-state index in [1.807, 2.05) is 119 Å². The van der Waals surface area contributed by atoms with Crippen molar-refractivity contribution >= 4 is 33.0 Å². The molecule has 4 heterocycles. The molecule has 0 saturated heterocycles. The second-order valence-corrected chi connectivity index (χ2v) is 19.8. The van der Waals surface area contributed by atoms with E-state index in [2.05, 4.69) is 78.2 Å². The summed E-state index contributed by atoms with van der Waals surface area (Å²) >= 11 is 0. The molecule has 6 aromatic carbocycles. The summed E-state index contributed by atoms with van der Waals surface area (Å²) in [5.41, 5.74) is 7.97. The van der Waals surface area contributed by atoms with Gasteiger partial charge in [-0.3, -0.25) is 4.57 Å². The van der Waals surface area contributed by atoms with Crippen LogP contribution < -0.4 is 9.30 Å². The number of pyridine rings is 2. The number of ether oxygens (including phenoxy) is 1. The first-order valence-electron chi connectivity index (χ1n) is 25.7. The molecule has 0 spiro atoms. The van der Waals surface area contributed by atoms with Crippen molar-refractivity contribution in [2.75, 3.05) is 0 Å². The molecule has 0 amide bonds. The van der Waals surface area contributed by atoms with E-state index < -0.39 is 29.9 Å². The number of hydrogen-bond acceptors (Lipinski definition) is 3. The standard InChI is InChI=1S/C60H55N5O.Pt/c1-58(2,3)38-40-29-31-61-55(32-40)65-54-37-47(27-28-50(54)51-24-17-30-62-57(51)65)66-46-21-15-20-45(36-46)63-39-64(53-26-14-13-25-52(53)63)56-48(41-18-11-10-12-19-41)22-16-23-49(56)42-33-43(59(4,5)6)35-44(34-42)60(7,8)9;/h10-35H,38H2,1-9H3;/q-2;/i10D,11D,12D,18D,19D,38D2;. The molecule has 0 atom stereocenters. The third-order valence-corrected chi connectivity index (χ3v) is 11.7. The molecule has 0 aliphatic carbocycles. The Labute approximate surface area is 419 Å². The maximum atomic E-state index is 9.20. The molecule has 0 aliphatic heterocycles. The summed E-state index contributed by atoms with van der Waals surface area (Å²) in [6, 6.07) is 42.1. The Morgan fingerprint density at radius 3 is 2.09 bits per heavy atom. The predicted molar refractivity (Wildman–Crippen MR) is 269 cm³/mol. The molecular formula is C60H55N5OPt-2. The summed E-state index contributed by atoms with van der Waals surface area (Å²) in [5.74, 6) is 1.31. The van der Waals surface area contributed by atoms with E-state index in [0.29, 0.717) is 51.0 Å². The SMILES string of the molecule is [2H]c1c([2H])c([2H])c(-c2cccc(-c3cc(C(C)(C)C)cc(C(C)(C)C)c3)c2-[n+]2[c-]n(-c3[c-]c(Oc4[c-]c5c(cc4)c4cccnc4n5-c4cc(C([2H])([2H])C(C)(C)C)ccn4)ccc3)c3ccccc32)c([2H])c1[2H].[Pt]. The summed E-state index contributed by atoms with van der Waals surface area (Å²) in [6.45, 7) is 18.8. The van der Waals surface area contributed by atoms with Gasteiger partial charge in [-0.1, -0.05) is 165 Å². The minimum atomic E-state index is -1.65. The van der Waals surface area contributed by atoms with E-state index in [-0.39, 0.29) is 49.5 Å². The van der Waals surface area contributed by atoms with Gasteiger partial charge in [-0.25, -0.2) is 9.97 Å². The quantitative estimate of drug-likeness (QED) is 0.113. The molecule has 0 aliphatic rings. The van der Waals surface area contributed by atoms with Gasteiger partial charge in [0.05, 0.1) is 23.6 Å². The van der Waals surface area contributed by atoms with Crippen molar-refractivity contribution in [1.29, 1.82) is 0 Å². The fourth-order valence-corrected chi connectivity index (χ4v) is 8.48. The van der Waals surface area contributed by atoms with Crippen LogP contribution in [0.15, 0.2) is 158 Å². The van der Waals surface area contributed by atoms with Crippen molar-refractivity contribution in [2.24, 2.45) is 5.41 Å². The van der Waals surface area contributed by atoms with Gasteiger partial charge in [0, 0.05) is 47.7 Å². The van der Waals surface area contributed by atoms with E-state index in [1.54, 1.807) is 24.5 Å². The summed E-state index contributed by atoms with van der Waals surface area (Å²) in [6.07, 6.45) is 5.34. The number of para-hydroxylation sites is 3. The second-order valence-electron chi connectivity index (χ2n) is 19.8. The molecule has 0 unspecified atom stereocenters. The molecule has 0 N–H and O–H groups in total. The number of nitrogens with zero attached hydrogens (tertiary/aromatic N) is 5. The predicted octanol–water partition coefficient (Wildman–Crippen LogP) is 14.5. The molecule has 7 heteroatoms. The number of rotatable bonds is 8. The molecule has 4 aromatic heterocycles. The van der Waals surface area contributed by atoms with Crippen LogP contribution in [-0.4, -0.2) is 19.1 Å². The van der Waals surface area contributed by atoms with Gasteiger partial charge in [0.25, 0.3) is 6.33 Å². The van der Waals surface area contributed by atoms with Crippen molar-refractivity contribution in [3.63, 3.8) is 0 Å². The van der Waals surface area contributed by atoms with Crippen molar-refractivity contribution in [2.45, 2.75) is 79.5 Å². The normalized spacial score (nSPS) is 13.9. The Morgan fingerprint density at radius 2 is 1.36 bits per heavy atom. The second kappa shape index (κ2) is 17.6. The topological polar surface area (TPSA) is 48.8 Å². The van der Waals surface area contributed by atoms with E-state index in [9.17, 15) is 2.74 Å². The fourth-order valence-electron chi connectivity index (χ4n) is 8.48. The first-order chi connectivity index (χ1) is 34.4. The van der Waals surface area contributed by atoms with E-state index in [1.165, 1.54) is 0 Å². The van der Waals surface area contributed by atoms with Crippen LogP contribution >= 0.6 is 0 Å². The molecule has 67 heavy (non-hydrogen) atoms. The average Bonchev–Trinajstić information content (AvgIpc) is 3.90. The van der Waals surface area contributed by atoms with Crippen LogP contribution in [0.2, 0.25) is 0 Å². The first-order valence-corrected chi connectivity index (χ1v) is 22.2. The Bertz CT molecular complexity index is 3780. The average molecular weight is 1060 g/mol. The number of benzene rings is 6. The minimum absolute atomic E-state index is 0. The minimum Gasteiger partial charge on any atom is -0.510 e. The van der Waals surface area contributed by atoms with Crippen LogP contribution in [-0.2, 0) is 38.3 Å². The molecule has 6 nitrogen and oxygen atoms in total. The zero-order chi connectivity index (χ0) is 52.1. The summed E-state index contributed by atoms with van der Waals surface area (Å²) in [5, 5.41) is 1.76. The van der Waals surface area contributed by atoms with E-state index in [4.69, 9.17) is 21.6 Å². The van der Waals surface area contributed by atoms with Crippen LogP contribution in [0.1, 0.15) is 88.6 Å². The Morgan fingerprint density at radius 1 is 0.657 bits per heavy atom. The van der Waals surface area contributed by atoms with Crippen molar-refractivity contribution in [3.05, 3.63) is 193 Å². The third-order valence-electron chi connectivity index (χ3n) is 11.7. The van der Waals surface area contributed by atoms with Gasteiger partial charge < -0.3 is 13.9 Å². The number of hydrogen-bond donors (Lipinski definition) is 0. The Balaban J connectivity index is 0.00000672. The van der Waals surface area contributed by atoms with Crippen molar-refractivity contribution in [1.82, 2.24) is 19.1 Å². The molecule has 10 aromatic rings. The Kier molecular flexibility index (Phi) is 9.81. The molecule has 0 fully saturated rings. The van der Waals surface area contributed by atoms with Crippen LogP contribution in [0, 0.1) is 23.9 Å². The fraction of sp³-hybridized carbons (Fsp3) is 0.217. The van der Waals surface area contributed by atoms with Gasteiger partial charge in [-0.15, -0.1) is 29.7 Å². The maximum Gasteiger partial charge on any atom is 0.268 e. The molecule has 0 bridgehead atoms. The number of imidazole rings is 1. The number of fused-ring (bicyclic) bond motifs is 4. The van der Waals surface area contributed by atoms with Crippen LogP contribution in [0.3, 0.4) is 0 Å². The summed E-state index contributed by atoms with van der Waals surface area (Å²) in [4.78, 5) is 9.46. The number of aromatic nitrogens is 5. The third kappa shape index (κ3) is 9.00. The molecule has 0 radical (unpaired) electrons. The Hall–Kier alpha value is -6.62. The van der Waals surface area contributed by atoms with Crippen LogP contribution in [0.5, 0.6) is 11.5 Å². The van der Waals surface area contributed by atoms with Gasteiger partial charge >= 0.3 is 0 Å². The van der Waals surface area contributed by atoms with Crippen LogP contribution in [0.25, 0.3) is 72.4 Å². The van der Waals surface area contributed by atoms with Crippen LogP contribution in [0.4, 0.5) is 0 Å². The maximum absolute atomic E-state index is 9.20. The zero-order valence-electron chi connectivity index (χ0n) is 46.1. The largest absolute Gasteiger partial charge is 0.510 e. The zero-order valence-corrected chi connectivity index (χ0v) is 41.4. The van der Waals surface area contributed by atoms with Crippen molar-refractivity contribution in [3.8, 4) is 50.9 Å². The summed E-state index contributed by atoms with van der Waals surface area (Å²) in [7, 11) is 0. The van der Waals surface area contributed by atoms with Gasteiger partial charge in [-0.2, -0.15) is 18.2 Å². The molecule has 0 saturated carbocycles. The van der Waals surface area contributed by atoms with Gasteiger partial charge in [-0.05, 0) is 90.8 Å².